The van der Waals surface area contributed by atoms with Crippen molar-refractivity contribution in [1.82, 2.24) is 24.8 Å². The number of piperazine rings is 1. The Bertz CT molecular complexity index is 1310. The summed E-state index contributed by atoms with van der Waals surface area (Å²) >= 11 is 0. The molecular weight excluding hydrogens is 430 g/mol. The number of anilines is 2. The van der Waals surface area contributed by atoms with Gasteiger partial charge in [0.2, 0.25) is 0 Å². The summed E-state index contributed by atoms with van der Waals surface area (Å²) in [6.45, 7) is 7.29. The Kier molecular flexibility index (Phi) is 5.52. The van der Waals surface area contributed by atoms with Crippen LogP contribution in [0.5, 0.6) is 0 Å². The van der Waals surface area contributed by atoms with Crippen LogP contribution >= 0.6 is 0 Å². The van der Waals surface area contributed by atoms with Crippen LogP contribution in [0.3, 0.4) is 0 Å². The van der Waals surface area contributed by atoms with Crippen LogP contribution in [0.25, 0.3) is 33.4 Å². The predicted molar refractivity (Wildman–Crippen MR) is 133 cm³/mol. The summed E-state index contributed by atoms with van der Waals surface area (Å²) in [5.74, 6) is 0. The van der Waals surface area contributed by atoms with Crippen LogP contribution in [0.1, 0.15) is 0 Å². The molecule has 0 unspecified atom stereocenters. The van der Waals surface area contributed by atoms with E-state index >= 15 is 0 Å². The van der Waals surface area contributed by atoms with Gasteiger partial charge in [-0.25, -0.2) is 4.98 Å². The van der Waals surface area contributed by atoms with Gasteiger partial charge in [-0.3, -0.25) is 14.8 Å². The second-order valence-corrected chi connectivity index (χ2v) is 9.04. The van der Waals surface area contributed by atoms with Gasteiger partial charge in [0, 0.05) is 64.5 Å². The zero-order chi connectivity index (χ0) is 23.1. The number of fused-ring (bicyclic) bond motifs is 2. The maximum Gasteiger partial charge on any atom is 0.295 e. The zero-order valence-electron chi connectivity index (χ0n) is 19.3. The van der Waals surface area contributed by atoms with Crippen molar-refractivity contribution in [3.63, 3.8) is 0 Å². The molecule has 2 N–H and O–H groups in total. The first kappa shape index (κ1) is 21.3. The molecule has 0 atom stereocenters. The molecule has 2 aliphatic heterocycles. The van der Waals surface area contributed by atoms with Crippen LogP contribution in [0.2, 0.25) is 0 Å². The van der Waals surface area contributed by atoms with Gasteiger partial charge in [0.15, 0.2) is 5.58 Å². The number of aliphatic hydroxyl groups excluding tert-OH is 1. The van der Waals surface area contributed by atoms with E-state index < -0.39 is 0 Å². The highest BCUT2D eigenvalue weighted by Gasteiger charge is 2.33. The minimum atomic E-state index is 0.244. The topological polar surface area (TPSA) is 93.8 Å². The van der Waals surface area contributed by atoms with Crippen LogP contribution in [-0.2, 0) is 0 Å². The molecule has 0 spiro atoms. The minimum absolute atomic E-state index is 0.244. The molecule has 3 aromatic heterocycles. The third kappa shape index (κ3) is 3.96. The summed E-state index contributed by atoms with van der Waals surface area (Å²) < 4.78 is 5.63. The van der Waals surface area contributed by atoms with Gasteiger partial charge in [-0.15, -0.1) is 0 Å². The average Bonchev–Trinajstić information content (AvgIpc) is 3.26. The van der Waals surface area contributed by atoms with Crippen LogP contribution in [0.4, 0.5) is 11.7 Å². The Morgan fingerprint density at radius 1 is 1.00 bits per heavy atom. The number of hydrogen-bond donors (Lipinski definition) is 2. The summed E-state index contributed by atoms with van der Waals surface area (Å²) in [5, 5.41) is 12.1. The average molecular weight is 460 g/mol. The Morgan fingerprint density at radius 3 is 2.65 bits per heavy atom. The molecule has 5 heterocycles. The second-order valence-electron chi connectivity index (χ2n) is 9.04. The van der Waals surface area contributed by atoms with Gasteiger partial charge in [0.05, 0.1) is 35.2 Å². The van der Waals surface area contributed by atoms with E-state index in [4.69, 9.17) is 14.5 Å². The van der Waals surface area contributed by atoms with Crippen molar-refractivity contribution < 1.29 is 9.52 Å². The molecule has 2 fully saturated rings. The van der Waals surface area contributed by atoms with Gasteiger partial charge >= 0.3 is 0 Å². The normalized spacial score (nSPS) is 18.0. The van der Waals surface area contributed by atoms with E-state index in [0.29, 0.717) is 12.1 Å². The van der Waals surface area contributed by atoms with E-state index in [1.165, 1.54) is 0 Å². The monoisotopic (exact) mass is 459 g/mol. The number of β-amino-alcohol motifs (C(OH)–C–C–N with tert-alkyl or cyclic N) is 1. The summed E-state index contributed by atoms with van der Waals surface area (Å²) in [6, 6.07) is 13.2. The number of nitrogens with one attached hydrogen (secondary N) is 1. The van der Waals surface area contributed by atoms with Crippen LogP contribution in [-0.4, -0.2) is 95.4 Å². The van der Waals surface area contributed by atoms with E-state index in [1.54, 1.807) is 7.05 Å². The summed E-state index contributed by atoms with van der Waals surface area (Å²) in [7, 11) is 1.79. The van der Waals surface area contributed by atoms with Gasteiger partial charge in [-0.2, -0.15) is 4.98 Å². The van der Waals surface area contributed by atoms with E-state index in [0.717, 1.165) is 84.9 Å². The zero-order valence-corrected chi connectivity index (χ0v) is 19.3. The van der Waals surface area contributed by atoms with Gasteiger partial charge in [-0.05, 0) is 36.4 Å². The maximum atomic E-state index is 9.14. The lowest BCUT2D eigenvalue weighted by atomic mass is 10.0. The first-order valence-corrected chi connectivity index (χ1v) is 11.9. The number of pyridine rings is 2. The van der Waals surface area contributed by atoms with Crippen LogP contribution in [0, 0.1) is 0 Å². The van der Waals surface area contributed by atoms with Crippen molar-refractivity contribution >= 4 is 33.8 Å². The van der Waals surface area contributed by atoms with Crippen molar-refractivity contribution in [2.45, 2.75) is 6.04 Å². The molecule has 0 bridgehead atoms. The molecule has 176 valence electrons. The molecule has 2 saturated heterocycles. The molecule has 9 nitrogen and oxygen atoms in total. The van der Waals surface area contributed by atoms with E-state index in [9.17, 15) is 0 Å². The molecule has 0 saturated carbocycles. The van der Waals surface area contributed by atoms with Crippen molar-refractivity contribution in [3.05, 3.63) is 42.6 Å². The second kappa shape index (κ2) is 8.83. The molecule has 1 aromatic carbocycles. The van der Waals surface area contributed by atoms with Crippen LogP contribution in [0.15, 0.2) is 47.0 Å². The fourth-order valence-corrected chi connectivity index (χ4v) is 4.91. The highest BCUT2D eigenvalue weighted by molar-refractivity contribution is 5.84. The number of rotatable bonds is 6. The molecular formula is C25H29N7O2. The van der Waals surface area contributed by atoms with Gasteiger partial charge < -0.3 is 19.7 Å². The SMILES string of the molecule is CNc1nc2cc(-c3ccc4ncc(N5CC(N6CCN(CCO)CC6)C5)cc4n3)ccc2o1. The number of oxazole rings is 1. The Labute approximate surface area is 198 Å². The summed E-state index contributed by atoms with van der Waals surface area (Å²) in [4.78, 5) is 21.3. The van der Waals surface area contributed by atoms with Crippen molar-refractivity contribution in [1.29, 1.82) is 0 Å². The van der Waals surface area contributed by atoms with Gasteiger partial charge in [-0.1, -0.05) is 0 Å². The predicted octanol–water partition coefficient (Wildman–Crippen LogP) is 2.28. The van der Waals surface area contributed by atoms with Gasteiger partial charge in [0.25, 0.3) is 6.01 Å². The molecule has 0 aliphatic carbocycles. The molecule has 0 amide bonds. The summed E-state index contributed by atoms with van der Waals surface area (Å²) in [5.41, 5.74) is 6.36. The Balaban J connectivity index is 1.17. The Morgan fingerprint density at radius 2 is 1.85 bits per heavy atom. The van der Waals surface area contributed by atoms with E-state index in [2.05, 4.69) is 36.1 Å². The van der Waals surface area contributed by atoms with E-state index in [1.807, 2.05) is 36.5 Å². The third-order valence-corrected chi connectivity index (χ3v) is 6.99. The summed E-state index contributed by atoms with van der Waals surface area (Å²) in [6.07, 6.45) is 1.96. The fourth-order valence-electron chi connectivity index (χ4n) is 4.91. The molecule has 34 heavy (non-hydrogen) atoms. The lowest BCUT2D eigenvalue weighted by Gasteiger charge is -2.49. The molecule has 6 rings (SSSR count). The fraction of sp³-hybridized carbons (Fsp3) is 0.400. The lowest BCUT2D eigenvalue weighted by Crippen LogP contribution is -2.63. The Hall–Kier alpha value is -3.27. The largest absolute Gasteiger partial charge is 0.424 e. The minimum Gasteiger partial charge on any atom is -0.424 e. The molecule has 4 aromatic rings. The number of nitrogens with zero attached hydrogens (tertiary/aromatic N) is 6. The number of hydrogen-bond acceptors (Lipinski definition) is 9. The van der Waals surface area contributed by atoms with Gasteiger partial charge in [0.1, 0.15) is 5.52 Å². The first-order chi connectivity index (χ1) is 16.7. The van der Waals surface area contributed by atoms with Crippen molar-refractivity contribution in [3.8, 4) is 11.3 Å². The lowest BCUT2D eigenvalue weighted by molar-refractivity contribution is 0.0733. The van der Waals surface area contributed by atoms with Crippen LogP contribution < -0.4 is 10.2 Å². The quantitative estimate of drug-likeness (QED) is 0.450. The number of aromatic nitrogens is 3. The van der Waals surface area contributed by atoms with Crippen molar-refractivity contribution in [2.75, 3.05) is 69.7 Å². The first-order valence-electron chi connectivity index (χ1n) is 11.9. The molecule has 0 radical (unpaired) electrons. The number of benzene rings is 1. The number of aliphatic hydroxyl groups is 1. The molecule has 9 heteroatoms. The van der Waals surface area contributed by atoms with Crippen molar-refractivity contribution in [2.24, 2.45) is 0 Å². The maximum absolute atomic E-state index is 9.14. The smallest absolute Gasteiger partial charge is 0.295 e. The standard InChI is InChI=1S/C25H29N7O2/c1-26-25-29-23-12-17(2-5-24(23)34-25)20-3-4-21-22(28-20)13-18(14-27-21)32-15-19(16-32)31-8-6-30(7-9-31)10-11-33/h2-5,12-14,19,33H,6-11,15-16H2,1H3,(H,26,29). The highest BCUT2D eigenvalue weighted by atomic mass is 16.4. The third-order valence-electron chi connectivity index (χ3n) is 6.99. The molecule has 2 aliphatic rings. The highest BCUT2D eigenvalue weighted by Crippen LogP contribution is 2.29. The van der Waals surface area contributed by atoms with E-state index in [-0.39, 0.29) is 6.61 Å².